The second-order valence-electron chi connectivity index (χ2n) is 4.22. The van der Waals surface area contributed by atoms with E-state index < -0.39 is 0 Å². The number of carbonyl (C=O) groups is 1. The van der Waals surface area contributed by atoms with E-state index in [0.29, 0.717) is 10.0 Å². The van der Waals surface area contributed by atoms with Crippen LogP contribution in [-0.4, -0.2) is 26.1 Å². The maximum absolute atomic E-state index is 12.0. The summed E-state index contributed by atoms with van der Waals surface area (Å²) in [6.07, 6.45) is 1.54. The van der Waals surface area contributed by atoms with Crippen molar-refractivity contribution in [1.82, 2.24) is 20.2 Å². The molecule has 4 heterocycles. The van der Waals surface area contributed by atoms with Gasteiger partial charge in [-0.15, -0.1) is 32.9 Å². The fourth-order valence-electron chi connectivity index (χ4n) is 1.79. The van der Waals surface area contributed by atoms with Gasteiger partial charge in [0.2, 0.25) is 5.13 Å². The molecule has 6 nitrogen and oxygen atoms in total. The van der Waals surface area contributed by atoms with E-state index in [-0.39, 0.29) is 5.91 Å². The van der Waals surface area contributed by atoms with Crippen LogP contribution in [-0.2, 0) is 0 Å². The van der Waals surface area contributed by atoms with Gasteiger partial charge in [-0.25, -0.2) is 9.97 Å². The van der Waals surface area contributed by atoms with E-state index in [9.17, 15) is 4.79 Å². The van der Waals surface area contributed by atoms with E-state index >= 15 is 0 Å². The van der Waals surface area contributed by atoms with Crippen LogP contribution in [0.2, 0.25) is 0 Å². The first-order valence-corrected chi connectivity index (χ1v) is 9.73. The molecule has 4 aromatic rings. The lowest BCUT2D eigenvalue weighted by Crippen LogP contribution is -2.09. The highest BCUT2D eigenvalue weighted by atomic mass is 32.2. The summed E-state index contributed by atoms with van der Waals surface area (Å²) < 4.78 is 1.75. The average molecular weight is 378 g/mol. The third-order valence-electron chi connectivity index (χ3n) is 2.77. The van der Waals surface area contributed by atoms with Gasteiger partial charge in [-0.05, 0) is 34.7 Å². The molecular weight excluding hydrogens is 370 g/mol. The van der Waals surface area contributed by atoms with Gasteiger partial charge in [-0.2, -0.15) is 0 Å². The number of thiophene rings is 2. The third kappa shape index (κ3) is 3.11. The molecule has 0 unspecified atom stereocenters. The molecule has 10 heteroatoms. The maximum atomic E-state index is 12.0. The van der Waals surface area contributed by atoms with Crippen molar-refractivity contribution in [3.63, 3.8) is 0 Å². The van der Waals surface area contributed by atoms with E-state index in [4.69, 9.17) is 0 Å². The van der Waals surface area contributed by atoms with Crippen LogP contribution in [0.5, 0.6) is 0 Å². The zero-order chi connectivity index (χ0) is 15.6. The van der Waals surface area contributed by atoms with Crippen molar-refractivity contribution in [2.24, 2.45) is 0 Å². The van der Waals surface area contributed by atoms with Crippen molar-refractivity contribution in [2.45, 2.75) is 9.37 Å². The monoisotopic (exact) mass is 377 g/mol. The van der Waals surface area contributed by atoms with Crippen molar-refractivity contribution in [2.75, 3.05) is 5.32 Å². The lowest BCUT2D eigenvalue weighted by atomic mass is 10.4. The summed E-state index contributed by atoms with van der Waals surface area (Å²) >= 11 is 5.72. The smallest absolute Gasteiger partial charge is 0.267 e. The maximum Gasteiger partial charge on any atom is 0.267 e. The number of amides is 1. The molecule has 0 saturated heterocycles. The Kier molecular flexibility index (Phi) is 4.04. The van der Waals surface area contributed by atoms with Crippen molar-refractivity contribution >= 4 is 67.0 Å². The average Bonchev–Trinajstić information content (AvgIpc) is 3.29. The van der Waals surface area contributed by atoms with E-state index in [0.717, 1.165) is 19.6 Å². The Morgan fingerprint density at radius 2 is 2.09 bits per heavy atom. The molecule has 114 valence electrons. The largest absolute Gasteiger partial charge is 0.296 e. The van der Waals surface area contributed by atoms with Crippen LogP contribution in [0.25, 0.3) is 10.2 Å². The third-order valence-corrected chi connectivity index (χ3v) is 6.57. The first-order chi connectivity index (χ1) is 11.3. The summed E-state index contributed by atoms with van der Waals surface area (Å²) in [5, 5.41) is 16.0. The van der Waals surface area contributed by atoms with Gasteiger partial charge >= 0.3 is 0 Å². The molecule has 0 fully saturated rings. The highest BCUT2D eigenvalue weighted by molar-refractivity contribution is 8.01. The van der Waals surface area contributed by atoms with Gasteiger partial charge in [-0.3, -0.25) is 10.1 Å². The fourth-order valence-corrected chi connectivity index (χ4v) is 5.06. The van der Waals surface area contributed by atoms with Crippen LogP contribution in [0, 0.1) is 0 Å². The molecule has 23 heavy (non-hydrogen) atoms. The number of anilines is 1. The first-order valence-electron chi connectivity index (χ1n) is 6.34. The Bertz CT molecular complexity index is 962. The quantitative estimate of drug-likeness (QED) is 0.427. The van der Waals surface area contributed by atoms with Gasteiger partial charge in [0, 0.05) is 0 Å². The highest BCUT2D eigenvalue weighted by Gasteiger charge is 2.13. The van der Waals surface area contributed by atoms with Gasteiger partial charge in [-0.1, -0.05) is 17.4 Å². The zero-order valence-corrected chi connectivity index (χ0v) is 14.6. The topological polar surface area (TPSA) is 80.7 Å². The molecule has 0 aromatic carbocycles. The molecule has 0 aliphatic carbocycles. The molecule has 4 aromatic heterocycles. The molecule has 0 bridgehead atoms. The summed E-state index contributed by atoms with van der Waals surface area (Å²) in [7, 11) is 0. The minimum absolute atomic E-state index is 0.171. The molecule has 0 radical (unpaired) electrons. The number of nitrogens with zero attached hydrogens (tertiary/aromatic N) is 4. The van der Waals surface area contributed by atoms with Gasteiger partial charge < -0.3 is 0 Å². The van der Waals surface area contributed by atoms with Gasteiger partial charge in [0.05, 0.1) is 15.1 Å². The van der Waals surface area contributed by atoms with Gasteiger partial charge in [0.15, 0.2) is 4.34 Å². The first kappa shape index (κ1) is 14.7. The van der Waals surface area contributed by atoms with Gasteiger partial charge in [0.1, 0.15) is 11.4 Å². The molecule has 0 spiro atoms. The molecule has 1 amide bonds. The van der Waals surface area contributed by atoms with Crippen molar-refractivity contribution in [1.29, 1.82) is 0 Å². The zero-order valence-electron chi connectivity index (χ0n) is 11.3. The number of nitrogens with one attached hydrogen (secondary N) is 1. The number of hydrogen-bond donors (Lipinski definition) is 1. The van der Waals surface area contributed by atoms with E-state index in [1.165, 1.54) is 40.8 Å². The lowest BCUT2D eigenvalue weighted by Gasteiger charge is -1.97. The van der Waals surface area contributed by atoms with Crippen molar-refractivity contribution in [3.8, 4) is 0 Å². The molecular formula is C13H7N5OS4. The summed E-state index contributed by atoms with van der Waals surface area (Å²) in [5.41, 5.74) is 0.920. The van der Waals surface area contributed by atoms with Crippen LogP contribution in [0.3, 0.4) is 0 Å². The summed E-state index contributed by atoms with van der Waals surface area (Å²) in [6.45, 7) is 0. The fraction of sp³-hybridized carbons (Fsp3) is 0. The van der Waals surface area contributed by atoms with E-state index in [1.807, 2.05) is 22.9 Å². The number of rotatable bonds is 4. The highest BCUT2D eigenvalue weighted by Crippen LogP contribution is 2.36. The summed E-state index contributed by atoms with van der Waals surface area (Å²) in [6, 6.07) is 5.56. The predicted octanol–water partition coefficient (Wildman–Crippen LogP) is 4.01. The number of carbonyl (C=O) groups excluding carboxylic acids is 1. The van der Waals surface area contributed by atoms with Crippen LogP contribution in [0.15, 0.2) is 44.7 Å². The summed E-state index contributed by atoms with van der Waals surface area (Å²) in [4.78, 5) is 21.2. The molecule has 0 atom stereocenters. The molecule has 4 rings (SSSR count). The number of hydrogen-bond acceptors (Lipinski definition) is 9. The van der Waals surface area contributed by atoms with Crippen LogP contribution in [0.1, 0.15) is 9.67 Å². The SMILES string of the molecule is O=C(Nc1nnc(Sc2ncnc3ccsc23)s1)c1cccs1. The Labute approximate surface area is 146 Å². The van der Waals surface area contributed by atoms with Gasteiger partial charge in [0.25, 0.3) is 5.91 Å². The Morgan fingerprint density at radius 1 is 1.13 bits per heavy atom. The minimum Gasteiger partial charge on any atom is -0.296 e. The lowest BCUT2D eigenvalue weighted by molar-refractivity contribution is 0.103. The predicted molar refractivity (Wildman–Crippen MR) is 93.7 cm³/mol. The standard InChI is InChI=1S/C13H7N5OS4/c19-10(8-2-1-4-20-8)16-12-17-18-13(23-12)22-11-9-7(3-5-21-9)14-6-15-11/h1-6H,(H,16,17,19). The second-order valence-corrected chi connectivity index (χ2v) is 8.30. The van der Waals surface area contributed by atoms with E-state index in [1.54, 1.807) is 17.4 Å². The normalized spacial score (nSPS) is 11.0. The second kappa shape index (κ2) is 6.32. The van der Waals surface area contributed by atoms with Crippen LogP contribution >= 0.6 is 45.8 Å². The number of aromatic nitrogens is 4. The Morgan fingerprint density at radius 3 is 2.96 bits per heavy atom. The van der Waals surface area contributed by atoms with Crippen LogP contribution < -0.4 is 5.32 Å². The van der Waals surface area contributed by atoms with Crippen LogP contribution in [0.4, 0.5) is 5.13 Å². The molecule has 1 N–H and O–H groups in total. The molecule has 0 saturated carbocycles. The molecule has 0 aliphatic heterocycles. The molecule has 0 aliphatic rings. The van der Waals surface area contributed by atoms with Crippen molar-refractivity contribution in [3.05, 3.63) is 40.2 Å². The Hall–Kier alpha value is -1.88. The van der Waals surface area contributed by atoms with E-state index in [2.05, 4.69) is 25.5 Å². The van der Waals surface area contributed by atoms with Crippen molar-refractivity contribution < 1.29 is 4.79 Å². The number of fused-ring (bicyclic) bond motifs is 1. The minimum atomic E-state index is -0.171. The summed E-state index contributed by atoms with van der Waals surface area (Å²) in [5.74, 6) is -0.171. The Balaban J connectivity index is 1.52.